The van der Waals surface area contributed by atoms with Crippen LogP contribution in [0.5, 0.6) is 11.5 Å². The number of hydrogen-bond donors (Lipinski definition) is 2. The minimum Gasteiger partial charge on any atom is -0.484 e. The van der Waals surface area contributed by atoms with Crippen LogP contribution in [0.1, 0.15) is 31.7 Å². The van der Waals surface area contributed by atoms with E-state index in [1.165, 1.54) is 5.56 Å². The van der Waals surface area contributed by atoms with Crippen LogP contribution in [0, 0.1) is 0 Å². The zero-order valence-electron chi connectivity index (χ0n) is 14.9. The van der Waals surface area contributed by atoms with E-state index in [1.807, 2.05) is 24.3 Å². The minimum atomic E-state index is -1.04. The lowest BCUT2D eigenvalue weighted by Crippen LogP contribution is -2.20. The van der Waals surface area contributed by atoms with Crippen LogP contribution >= 0.6 is 0 Å². The molecule has 2 rings (SSSR count). The molecule has 2 aromatic carbocycles. The van der Waals surface area contributed by atoms with E-state index in [1.54, 1.807) is 24.3 Å². The van der Waals surface area contributed by atoms with Crippen molar-refractivity contribution in [2.45, 2.75) is 26.2 Å². The molecule has 6 heteroatoms. The molecule has 0 aromatic heterocycles. The van der Waals surface area contributed by atoms with Gasteiger partial charge in [-0.2, -0.15) is 0 Å². The van der Waals surface area contributed by atoms with Gasteiger partial charge in [-0.15, -0.1) is 0 Å². The van der Waals surface area contributed by atoms with Gasteiger partial charge in [-0.05, 0) is 54.3 Å². The van der Waals surface area contributed by atoms with Gasteiger partial charge < -0.3 is 19.9 Å². The Kier molecular flexibility index (Phi) is 7.02. The van der Waals surface area contributed by atoms with Crippen LogP contribution in [-0.4, -0.2) is 30.2 Å². The summed E-state index contributed by atoms with van der Waals surface area (Å²) in [6.45, 7) is 3.81. The summed E-state index contributed by atoms with van der Waals surface area (Å²) in [5.41, 5.74) is 1.82. The number of carbonyl (C=O) groups is 2. The number of carboxylic acids is 1. The Morgan fingerprint density at radius 2 is 1.50 bits per heavy atom. The second kappa shape index (κ2) is 9.46. The van der Waals surface area contributed by atoms with E-state index in [0.29, 0.717) is 23.1 Å². The van der Waals surface area contributed by atoms with Crippen molar-refractivity contribution in [3.63, 3.8) is 0 Å². The van der Waals surface area contributed by atoms with Gasteiger partial charge in [0, 0.05) is 5.69 Å². The van der Waals surface area contributed by atoms with Crippen molar-refractivity contribution in [3.8, 4) is 11.5 Å². The Labute approximate surface area is 152 Å². The number of nitrogens with one attached hydrogen (secondary N) is 1. The van der Waals surface area contributed by atoms with Gasteiger partial charge in [0.15, 0.2) is 13.2 Å². The molecule has 2 aromatic rings. The highest BCUT2D eigenvalue weighted by Crippen LogP contribution is 2.21. The van der Waals surface area contributed by atoms with E-state index >= 15 is 0 Å². The van der Waals surface area contributed by atoms with Crippen LogP contribution in [0.2, 0.25) is 0 Å². The number of ether oxygens (including phenoxy) is 2. The fraction of sp³-hybridized carbons (Fsp3) is 0.300. The molecule has 0 saturated heterocycles. The second-order valence-electron chi connectivity index (χ2n) is 5.92. The van der Waals surface area contributed by atoms with Crippen LogP contribution in [-0.2, 0) is 9.59 Å². The summed E-state index contributed by atoms with van der Waals surface area (Å²) < 4.78 is 10.5. The quantitative estimate of drug-likeness (QED) is 0.715. The summed E-state index contributed by atoms with van der Waals surface area (Å²) in [5.74, 6) is 0.231. The first kappa shape index (κ1) is 19.3. The first-order valence-electron chi connectivity index (χ1n) is 8.45. The Morgan fingerprint density at radius 3 is 2.04 bits per heavy atom. The minimum absolute atomic E-state index is 0.0973. The molecule has 0 aliphatic heterocycles. The maximum Gasteiger partial charge on any atom is 0.341 e. The molecular formula is C20H23NO5. The Morgan fingerprint density at radius 1 is 0.962 bits per heavy atom. The van der Waals surface area contributed by atoms with Gasteiger partial charge >= 0.3 is 5.97 Å². The number of hydrogen-bond acceptors (Lipinski definition) is 4. The third-order valence-electron chi connectivity index (χ3n) is 3.93. The van der Waals surface area contributed by atoms with Crippen molar-refractivity contribution in [1.29, 1.82) is 0 Å². The number of carboxylic acid groups (broad SMARTS) is 1. The highest BCUT2D eigenvalue weighted by Gasteiger charge is 2.06. The molecule has 138 valence electrons. The van der Waals surface area contributed by atoms with Crippen molar-refractivity contribution < 1.29 is 24.2 Å². The average molecular weight is 357 g/mol. The van der Waals surface area contributed by atoms with Gasteiger partial charge in [-0.3, -0.25) is 4.79 Å². The highest BCUT2D eigenvalue weighted by atomic mass is 16.5. The largest absolute Gasteiger partial charge is 0.484 e. The Balaban J connectivity index is 1.80. The summed E-state index contributed by atoms with van der Waals surface area (Å²) in [7, 11) is 0. The number of anilines is 1. The van der Waals surface area contributed by atoms with Crippen molar-refractivity contribution >= 4 is 17.6 Å². The standard InChI is InChI=1S/C20H23NO5/c1-3-14(2)15-4-8-17(9-5-15)25-12-19(22)21-16-6-10-18(11-7-16)26-13-20(23)24/h4-11,14H,3,12-13H2,1-2H3,(H,21,22)(H,23,24). The van der Waals surface area contributed by atoms with Gasteiger partial charge in [0.25, 0.3) is 5.91 Å². The highest BCUT2D eigenvalue weighted by molar-refractivity contribution is 5.91. The Bertz CT molecular complexity index is 725. The topological polar surface area (TPSA) is 84.9 Å². The smallest absolute Gasteiger partial charge is 0.341 e. The summed E-state index contributed by atoms with van der Waals surface area (Å²) in [6, 6.07) is 14.2. The van der Waals surface area contributed by atoms with Gasteiger partial charge in [0.1, 0.15) is 11.5 Å². The van der Waals surface area contributed by atoms with E-state index in [9.17, 15) is 9.59 Å². The molecular weight excluding hydrogens is 334 g/mol. The van der Waals surface area contributed by atoms with Gasteiger partial charge in [-0.1, -0.05) is 26.0 Å². The SMILES string of the molecule is CCC(C)c1ccc(OCC(=O)Nc2ccc(OCC(=O)O)cc2)cc1. The molecule has 6 nitrogen and oxygen atoms in total. The van der Waals surface area contributed by atoms with Crippen molar-refractivity contribution in [2.75, 3.05) is 18.5 Å². The lowest BCUT2D eigenvalue weighted by molar-refractivity contribution is -0.139. The molecule has 0 fully saturated rings. The lowest BCUT2D eigenvalue weighted by atomic mass is 9.99. The van der Waals surface area contributed by atoms with E-state index in [0.717, 1.165) is 6.42 Å². The monoisotopic (exact) mass is 357 g/mol. The van der Waals surface area contributed by atoms with Crippen LogP contribution in [0.3, 0.4) is 0 Å². The first-order valence-corrected chi connectivity index (χ1v) is 8.45. The van der Waals surface area contributed by atoms with Crippen LogP contribution in [0.15, 0.2) is 48.5 Å². The zero-order valence-corrected chi connectivity index (χ0v) is 14.9. The fourth-order valence-corrected chi connectivity index (χ4v) is 2.25. The molecule has 0 bridgehead atoms. The third kappa shape index (κ3) is 6.12. The first-order chi connectivity index (χ1) is 12.5. The predicted molar refractivity (Wildman–Crippen MR) is 98.8 cm³/mol. The maximum absolute atomic E-state index is 12.0. The van der Waals surface area contributed by atoms with E-state index in [4.69, 9.17) is 14.6 Å². The molecule has 1 atom stereocenters. The van der Waals surface area contributed by atoms with E-state index < -0.39 is 12.6 Å². The normalized spacial score (nSPS) is 11.5. The zero-order chi connectivity index (χ0) is 18.9. The van der Waals surface area contributed by atoms with Crippen molar-refractivity contribution in [1.82, 2.24) is 0 Å². The molecule has 0 heterocycles. The van der Waals surface area contributed by atoms with Crippen LogP contribution in [0.4, 0.5) is 5.69 Å². The molecule has 26 heavy (non-hydrogen) atoms. The van der Waals surface area contributed by atoms with Gasteiger partial charge in [0.05, 0.1) is 0 Å². The molecule has 1 unspecified atom stereocenters. The van der Waals surface area contributed by atoms with Crippen molar-refractivity contribution in [2.24, 2.45) is 0 Å². The van der Waals surface area contributed by atoms with Crippen LogP contribution in [0.25, 0.3) is 0 Å². The fourth-order valence-electron chi connectivity index (χ4n) is 2.25. The molecule has 1 amide bonds. The predicted octanol–water partition coefficient (Wildman–Crippen LogP) is 3.68. The number of carbonyl (C=O) groups excluding carboxylic acids is 1. The number of rotatable bonds is 9. The number of benzene rings is 2. The van der Waals surface area contributed by atoms with E-state index in [2.05, 4.69) is 19.2 Å². The van der Waals surface area contributed by atoms with Crippen LogP contribution < -0.4 is 14.8 Å². The van der Waals surface area contributed by atoms with Gasteiger partial charge in [-0.25, -0.2) is 4.79 Å². The molecule has 2 N–H and O–H groups in total. The van der Waals surface area contributed by atoms with E-state index in [-0.39, 0.29) is 12.5 Å². The molecule has 0 aliphatic carbocycles. The average Bonchev–Trinajstić information content (AvgIpc) is 2.65. The second-order valence-corrected chi connectivity index (χ2v) is 5.92. The summed E-state index contributed by atoms with van der Waals surface area (Å²) in [6.07, 6.45) is 1.07. The molecule has 0 spiro atoms. The number of aliphatic carboxylic acids is 1. The van der Waals surface area contributed by atoms with Crippen molar-refractivity contribution in [3.05, 3.63) is 54.1 Å². The summed E-state index contributed by atoms with van der Waals surface area (Å²) in [4.78, 5) is 22.4. The summed E-state index contributed by atoms with van der Waals surface area (Å²) >= 11 is 0. The molecule has 0 saturated carbocycles. The maximum atomic E-state index is 12.0. The lowest BCUT2D eigenvalue weighted by Gasteiger charge is -2.11. The molecule has 0 radical (unpaired) electrons. The van der Waals surface area contributed by atoms with Gasteiger partial charge in [0.2, 0.25) is 0 Å². The molecule has 0 aliphatic rings. The summed E-state index contributed by atoms with van der Waals surface area (Å²) in [5, 5.41) is 11.3. The number of amides is 1. The third-order valence-corrected chi connectivity index (χ3v) is 3.93. The Hall–Kier alpha value is -3.02.